The van der Waals surface area contributed by atoms with Crippen LogP contribution in [0.1, 0.15) is 38.8 Å². The number of carbonyl (C=O) groups excluding carboxylic acids is 2. The Bertz CT molecular complexity index is 1520. The number of carboxylic acids is 1. The predicted octanol–water partition coefficient (Wildman–Crippen LogP) is 3.70. The van der Waals surface area contributed by atoms with Crippen molar-refractivity contribution >= 4 is 23.7 Å². The summed E-state index contributed by atoms with van der Waals surface area (Å²) < 4.78 is 5.93. The molecule has 0 bridgehead atoms. The number of hydrogen-bond donors (Lipinski definition) is 5. The second kappa shape index (κ2) is 14.8. The van der Waals surface area contributed by atoms with E-state index in [9.17, 15) is 19.6 Å². The lowest BCUT2D eigenvalue weighted by molar-refractivity contribution is -0.904. The van der Waals surface area contributed by atoms with E-state index in [1.165, 1.54) is 19.5 Å². The summed E-state index contributed by atoms with van der Waals surface area (Å²) in [6.07, 6.45) is 3.38. The van der Waals surface area contributed by atoms with Crippen LogP contribution >= 0.6 is 0 Å². The van der Waals surface area contributed by atoms with E-state index < -0.39 is 23.9 Å². The van der Waals surface area contributed by atoms with Gasteiger partial charge in [0.25, 0.3) is 5.91 Å². The largest absolute Gasteiger partial charge is 0.478 e. The molecule has 10 heteroatoms. The number of hydrogen-bond acceptors (Lipinski definition) is 6. The molecule has 2 unspecified atom stereocenters. The topological polar surface area (TPSA) is 167 Å². The van der Waals surface area contributed by atoms with Gasteiger partial charge in [-0.15, -0.1) is 0 Å². The summed E-state index contributed by atoms with van der Waals surface area (Å²) >= 11 is 0. The number of methoxy groups -OCH3 is 1. The van der Waals surface area contributed by atoms with E-state index in [0.29, 0.717) is 23.1 Å². The molecule has 6 N–H and O–H groups in total. The standard InChI is InChI=1S/C25H26N4O4.C7H6O2/c1-16(22(25(31)33-2)15-17-4-3-5-21(14-17)23(26)27)28-24(30)20-8-6-18(7-9-20)19-10-12-29(32)13-11-19;8-7(9)6-4-2-1-3-5-6/h3-14,16,22H,15H2,1-2H3,(H4-,26,27,28,30,32);1-5H,(H,8,9)/p+1. The van der Waals surface area contributed by atoms with Crippen molar-refractivity contribution in [3.05, 3.63) is 126 Å². The molecule has 2 atom stereocenters. The molecule has 3 aromatic carbocycles. The number of nitrogens with two attached hydrogens (primary N) is 1. The van der Waals surface area contributed by atoms with Gasteiger partial charge in [-0.25, -0.2) is 4.79 Å². The van der Waals surface area contributed by atoms with Crippen LogP contribution in [0.5, 0.6) is 0 Å². The van der Waals surface area contributed by atoms with Gasteiger partial charge in [0.2, 0.25) is 12.4 Å². The highest BCUT2D eigenvalue weighted by Gasteiger charge is 2.28. The first-order valence-corrected chi connectivity index (χ1v) is 13.0. The number of amides is 1. The molecule has 1 aromatic heterocycles. The number of aromatic nitrogens is 1. The van der Waals surface area contributed by atoms with Gasteiger partial charge in [0.15, 0.2) is 0 Å². The zero-order valence-electron chi connectivity index (χ0n) is 23.2. The Labute approximate surface area is 243 Å². The highest BCUT2D eigenvalue weighted by Crippen LogP contribution is 2.20. The molecule has 0 spiro atoms. The van der Waals surface area contributed by atoms with Gasteiger partial charge in [0.1, 0.15) is 5.84 Å². The number of pyridine rings is 1. The molecule has 1 amide bonds. The second-order valence-electron chi connectivity index (χ2n) is 9.43. The molecule has 0 fully saturated rings. The molecule has 0 aliphatic rings. The third-order valence-electron chi connectivity index (χ3n) is 6.47. The van der Waals surface area contributed by atoms with Crippen LogP contribution in [0.25, 0.3) is 11.1 Å². The number of carbonyl (C=O) groups is 3. The minimum absolute atomic E-state index is 0.0534. The fourth-order valence-electron chi connectivity index (χ4n) is 4.13. The number of aromatic carboxylic acids is 1. The maximum Gasteiger partial charge on any atom is 0.335 e. The maximum absolute atomic E-state index is 12.8. The van der Waals surface area contributed by atoms with E-state index in [0.717, 1.165) is 21.4 Å². The van der Waals surface area contributed by atoms with Crippen molar-refractivity contribution in [2.75, 3.05) is 7.11 Å². The SMILES string of the molecule is COC(=O)C(Cc1cccc(C(=N)N)c1)C(C)NC(=O)c1ccc(-c2cc[n+](O)cc2)cc1.O=C(O)c1ccccc1. The normalized spacial score (nSPS) is 11.7. The predicted molar refractivity (Wildman–Crippen MR) is 156 cm³/mol. The van der Waals surface area contributed by atoms with Gasteiger partial charge in [0.05, 0.1) is 18.6 Å². The van der Waals surface area contributed by atoms with Crippen LogP contribution in [0.2, 0.25) is 0 Å². The van der Waals surface area contributed by atoms with Crippen LogP contribution in [0, 0.1) is 11.3 Å². The van der Waals surface area contributed by atoms with Crippen LogP contribution in [0.15, 0.2) is 103 Å². The molecule has 42 heavy (non-hydrogen) atoms. The molecule has 1 heterocycles. The lowest BCUT2D eigenvalue weighted by atomic mass is 9.92. The molecule has 4 rings (SSSR count). The number of rotatable bonds is 9. The first-order valence-electron chi connectivity index (χ1n) is 13.0. The van der Waals surface area contributed by atoms with E-state index in [-0.39, 0.29) is 11.7 Å². The van der Waals surface area contributed by atoms with Gasteiger partial charge < -0.3 is 20.9 Å². The number of nitrogens with one attached hydrogen (secondary N) is 2. The zero-order valence-corrected chi connectivity index (χ0v) is 23.2. The summed E-state index contributed by atoms with van der Waals surface area (Å²) in [7, 11) is 1.32. The second-order valence-corrected chi connectivity index (χ2v) is 9.43. The van der Waals surface area contributed by atoms with E-state index in [4.69, 9.17) is 21.0 Å². The van der Waals surface area contributed by atoms with Gasteiger partial charge in [-0.05, 0) is 60.4 Å². The van der Waals surface area contributed by atoms with E-state index in [2.05, 4.69) is 5.32 Å². The van der Waals surface area contributed by atoms with Crippen LogP contribution < -0.4 is 15.8 Å². The van der Waals surface area contributed by atoms with E-state index >= 15 is 0 Å². The molecule has 0 radical (unpaired) electrons. The summed E-state index contributed by atoms with van der Waals surface area (Å²) in [5, 5.41) is 28.2. The Hall–Kier alpha value is -5.51. The molecule has 10 nitrogen and oxygen atoms in total. The quantitative estimate of drug-likeness (QED) is 0.0674. The summed E-state index contributed by atoms with van der Waals surface area (Å²) in [4.78, 5) is 35.5. The first kappa shape index (κ1) is 31.0. The summed E-state index contributed by atoms with van der Waals surface area (Å²) in [5.41, 5.74) is 9.54. The number of esters is 1. The van der Waals surface area contributed by atoms with Gasteiger partial charge in [-0.1, -0.05) is 48.5 Å². The molecule has 0 saturated carbocycles. The summed E-state index contributed by atoms with van der Waals surface area (Å²) in [5.74, 6) is -2.29. The molecule has 4 aromatic rings. The Morgan fingerprint density at radius 2 is 1.48 bits per heavy atom. The van der Waals surface area contributed by atoms with Gasteiger partial charge in [-0.2, -0.15) is 0 Å². The highest BCUT2D eigenvalue weighted by atomic mass is 16.5. The minimum Gasteiger partial charge on any atom is -0.478 e. The van der Waals surface area contributed by atoms with Crippen molar-refractivity contribution in [2.45, 2.75) is 19.4 Å². The van der Waals surface area contributed by atoms with E-state index in [1.54, 1.807) is 79.7 Å². The number of amidine groups is 1. The molecular weight excluding hydrogens is 536 g/mol. The number of nitrogen functional groups attached to an aromatic ring is 1. The van der Waals surface area contributed by atoms with Crippen molar-refractivity contribution in [3.8, 4) is 11.1 Å². The number of ether oxygens (including phenoxy) is 1. The van der Waals surface area contributed by atoms with Crippen LogP contribution in [0.3, 0.4) is 0 Å². The monoisotopic (exact) mass is 569 g/mol. The first-order chi connectivity index (χ1) is 20.1. The third kappa shape index (κ3) is 8.75. The Morgan fingerprint density at radius 3 is 2.02 bits per heavy atom. The maximum atomic E-state index is 12.8. The fraction of sp³-hybridized carbons (Fsp3) is 0.156. The average Bonchev–Trinajstić information content (AvgIpc) is 3.00. The number of nitrogens with zero attached hydrogens (tertiary/aromatic N) is 1. The smallest absolute Gasteiger partial charge is 0.335 e. The minimum atomic E-state index is -0.879. The van der Waals surface area contributed by atoms with Crippen molar-refractivity contribution in [1.29, 1.82) is 5.41 Å². The molecule has 216 valence electrons. The molecular formula is C32H33N4O6+. The van der Waals surface area contributed by atoms with Gasteiger partial charge in [-0.3, -0.25) is 20.2 Å². The van der Waals surface area contributed by atoms with Crippen molar-refractivity contribution < 1.29 is 34.2 Å². The number of benzene rings is 3. The van der Waals surface area contributed by atoms with Crippen molar-refractivity contribution in [2.24, 2.45) is 11.7 Å². The Balaban J connectivity index is 0.000000458. The Morgan fingerprint density at radius 1 is 0.881 bits per heavy atom. The third-order valence-corrected chi connectivity index (χ3v) is 6.47. The summed E-state index contributed by atoms with van der Waals surface area (Å²) in [6.45, 7) is 1.76. The fourth-order valence-corrected chi connectivity index (χ4v) is 4.13. The van der Waals surface area contributed by atoms with Crippen LogP contribution in [0.4, 0.5) is 0 Å². The number of carboxylic acid groups (broad SMARTS) is 1. The van der Waals surface area contributed by atoms with Crippen LogP contribution in [-0.2, 0) is 16.0 Å². The summed E-state index contributed by atoms with van der Waals surface area (Å²) in [6, 6.07) is 25.5. The van der Waals surface area contributed by atoms with Gasteiger partial charge in [0, 0.05) is 34.0 Å². The molecule has 0 aliphatic carbocycles. The zero-order chi connectivity index (χ0) is 30.6. The lowest BCUT2D eigenvalue weighted by Gasteiger charge is -2.23. The average molecular weight is 570 g/mol. The van der Waals surface area contributed by atoms with E-state index in [1.807, 2.05) is 18.2 Å². The van der Waals surface area contributed by atoms with Crippen molar-refractivity contribution in [1.82, 2.24) is 5.32 Å². The lowest BCUT2D eigenvalue weighted by Crippen LogP contribution is -2.42. The highest BCUT2D eigenvalue weighted by molar-refractivity contribution is 5.96. The van der Waals surface area contributed by atoms with Crippen LogP contribution in [-0.4, -0.2) is 47.1 Å². The molecule has 0 saturated heterocycles. The van der Waals surface area contributed by atoms with Crippen molar-refractivity contribution in [3.63, 3.8) is 0 Å². The molecule has 0 aliphatic heterocycles. The van der Waals surface area contributed by atoms with Gasteiger partial charge >= 0.3 is 11.9 Å². The Kier molecular flexibility index (Phi) is 10.9.